The Labute approximate surface area is 122 Å². The molecule has 0 spiro atoms. The smallest absolute Gasteiger partial charge is 0.306 e. The van der Waals surface area contributed by atoms with Gasteiger partial charge in [0.1, 0.15) is 6.61 Å². The molecular formula is C15H28O5. The van der Waals surface area contributed by atoms with E-state index in [0.29, 0.717) is 19.1 Å². The van der Waals surface area contributed by atoms with E-state index in [1.807, 2.05) is 0 Å². The standard InChI is InChI=1S/C15H28O5/c1-4-6-7-13(5-2)12-20-15(17)9-8-14(16)19-11-10-18-3/h13H,4-12H2,1-3H3. The molecule has 0 aromatic heterocycles. The molecule has 0 saturated carbocycles. The quantitative estimate of drug-likeness (QED) is 0.408. The molecule has 0 bridgehead atoms. The number of unbranched alkanes of at least 4 members (excludes halogenated alkanes) is 1. The Kier molecular flexibility index (Phi) is 12.2. The SMILES string of the molecule is CCCCC(CC)COC(=O)CCC(=O)OCCOC. The minimum atomic E-state index is -0.392. The van der Waals surface area contributed by atoms with Crippen LogP contribution in [0.1, 0.15) is 52.4 Å². The lowest BCUT2D eigenvalue weighted by Crippen LogP contribution is -2.16. The van der Waals surface area contributed by atoms with Gasteiger partial charge < -0.3 is 14.2 Å². The van der Waals surface area contributed by atoms with E-state index in [9.17, 15) is 9.59 Å². The fraction of sp³-hybridized carbons (Fsp3) is 0.867. The highest BCUT2D eigenvalue weighted by molar-refractivity contribution is 5.77. The summed E-state index contributed by atoms with van der Waals surface area (Å²) in [6.45, 7) is 5.29. The van der Waals surface area contributed by atoms with Crippen molar-refractivity contribution in [3.8, 4) is 0 Å². The maximum Gasteiger partial charge on any atom is 0.306 e. The number of ether oxygens (including phenoxy) is 3. The van der Waals surface area contributed by atoms with Gasteiger partial charge in [0.05, 0.1) is 26.1 Å². The predicted molar refractivity (Wildman–Crippen MR) is 76.3 cm³/mol. The lowest BCUT2D eigenvalue weighted by Gasteiger charge is -2.14. The molecule has 118 valence electrons. The normalized spacial score (nSPS) is 11.9. The van der Waals surface area contributed by atoms with Crippen LogP contribution in [-0.2, 0) is 23.8 Å². The van der Waals surface area contributed by atoms with Crippen molar-refractivity contribution in [2.75, 3.05) is 26.9 Å². The Bertz CT molecular complexity index is 265. The summed E-state index contributed by atoms with van der Waals surface area (Å²) in [5.41, 5.74) is 0. The molecule has 0 fully saturated rings. The van der Waals surface area contributed by atoms with Gasteiger partial charge in [-0.15, -0.1) is 0 Å². The molecule has 0 rings (SSSR count). The molecular weight excluding hydrogens is 260 g/mol. The lowest BCUT2D eigenvalue weighted by atomic mass is 10.0. The minimum Gasteiger partial charge on any atom is -0.465 e. The van der Waals surface area contributed by atoms with Crippen LogP contribution in [0.5, 0.6) is 0 Å². The molecule has 1 atom stereocenters. The molecule has 0 aliphatic rings. The summed E-state index contributed by atoms with van der Waals surface area (Å²) in [5.74, 6) is -0.298. The van der Waals surface area contributed by atoms with Gasteiger partial charge in [-0.2, -0.15) is 0 Å². The number of carbonyl (C=O) groups excluding carboxylic acids is 2. The van der Waals surface area contributed by atoms with E-state index in [1.165, 1.54) is 7.11 Å². The Morgan fingerprint density at radius 3 is 2.20 bits per heavy atom. The second-order valence-electron chi connectivity index (χ2n) is 4.81. The highest BCUT2D eigenvalue weighted by atomic mass is 16.6. The molecule has 0 saturated heterocycles. The van der Waals surface area contributed by atoms with Gasteiger partial charge >= 0.3 is 11.9 Å². The molecule has 1 unspecified atom stereocenters. The van der Waals surface area contributed by atoms with Gasteiger partial charge in [0, 0.05) is 7.11 Å². The maximum absolute atomic E-state index is 11.5. The third-order valence-electron chi connectivity index (χ3n) is 3.11. The summed E-state index contributed by atoms with van der Waals surface area (Å²) in [4.78, 5) is 22.8. The molecule has 0 aliphatic heterocycles. The lowest BCUT2D eigenvalue weighted by molar-refractivity contribution is -0.151. The Hall–Kier alpha value is -1.10. The predicted octanol–water partition coefficient (Wildman–Crippen LogP) is 2.72. The van der Waals surface area contributed by atoms with Crippen molar-refractivity contribution in [3.63, 3.8) is 0 Å². The summed E-state index contributed by atoms with van der Waals surface area (Å²) >= 11 is 0. The Morgan fingerprint density at radius 2 is 1.65 bits per heavy atom. The topological polar surface area (TPSA) is 61.8 Å². The van der Waals surface area contributed by atoms with Gasteiger partial charge in [-0.05, 0) is 12.3 Å². The maximum atomic E-state index is 11.5. The zero-order valence-corrected chi connectivity index (χ0v) is 13.0. The molecule has 0 aromatic rings. The monoisotopic (exact) mass is 288 g/mol. The van der Waals surface area contributed by atoms with E-state index < -0.39 is 5.97 Å². The molecule has 0 radical (unpaired) electrons. The van der Waals surface area contributed by atoms with Crippen molar-refractivity contribution >= 4 is 11.9 Å². The first-order chi connectivity index (χ1) is 9.63. The summed E-state index contributed by atoms with van der Waals surface area (Å²) in [5, 5.41) is 0. The Balaban J connectivity index is 3.68. The Morgan fingerprint density at radius 1 is 1.00 bits per heavy atom. The fourth-order valence-corrected chi connectivity index (χ4v) is 1.70. The molecule has 0 aromatic carbocycles. The van der Waals surface area contributed by atoms with Gasteiger partial charge in [-0.1, -0.05) is 33.1 Å². The second-order valence-corrected chi connectivity index (χ2v) is 4.81. The van der Waals surface area contributed by atoms with Crippen LogP contribution >= 0.6 is 0 Å². The van der Waals surface area contributed by atoms with E-state index >= 15 is 0 Å². The molecule has 5 nitrogen and oxygen atoms in total. The third kappa shape index (κ3) is 10.8. The number of methoxy groups -OCH3 is 1. The summed E-state index contributed by atoms with van der Waals surface area (Å²) < 4.78 is 14.8. The molecule has 20 heavy (non-hydrogen) atoms. The van der Waals surface area contributed by atoms with Crippen molar-refractivity contribution in [1.29, 1.82) is 0 Å². The van der Waals surface area contributed by atoms with E-state index in [1.54, 1.807) is 0 Å². The van der Waals surface area contributed by atoms with E-state index in [4.69, 9.17) is 14.2 Å². The van der Waals surface area contributed by atoms with Gasteiger partial charge in [0.2, 0.25) is 0 Å². The second kappa shape index (κ2) is 12.9. The average molecular weight is 288 g/mol. The zero-order chi connectivity index (χ0) is 15.2. The molecule has 0 amide bonds. The first-order valence-corrected chi connectivity index (χ1v) is 7.44. The highest BCUT2D eigenvalue weighted by Crippen LogP contribution is 2.13. The minimum absolute atomic E-state index is 0.0638. The van der Waals surface area contributed by atoms with Crippen LogP contribution < -0.4 is 0 Å². The average Bonchev–Trinajstić information content (AvgIpc) is 2.45. The summed E-state index contributed by atoms with van der Waals surface area (Å²) in [7, 11) is 1.54. The van der Waals surface area contributed by atoms with Crippen molar-refractivity contribution in [2.24, 2.45) is 5.92 Å². The van der Waals surface area contributed by atoms with Crippen LogP contribution in [0.3, 0.4) is 0 Å². The van der Waals surface area contributed by atoms with Gasteiger partial charge in [0.25, 0.3) is 0 Å². The van der Waals surface area contributed by atoms with E-state index in [0.717, 1.165) is 25.7 Å². The van der Waals surface area contributed by atoms with Crippen LogP contribution in [0.15, 0.2) is 0 Å². The van der Waals surface area contributed by atoms with Gasteiger partial charge in [-0.3, -0.25) is 9.59 Å². The van der Waals surface area contributed by atoms with Crippen molar-refractivity contribution in [1.82, 2.24) is 0 Å². The van der Waals surface area contributed by atoms with Crippen LogP contribution in [0, 0.1) is 5.92 Å². The van der Waals surface area contributed by atoms with Crippen LogP contribution in [0.2, 0.25) is 0 Å². The van der Waals surface area contributed by atoms with Gasteiger partial charge in [0.15, 0.2) is 0 Å². The molecule has 0 heterocycles. The largest absolute Gasteiger partial charge is 0.465 e. The van der Waals surface area contributed by atoms with E-state index in [2.05, 4.69) is 13.8 Å². The van der Waals surface area contributed by atoms with Crippen molar-refractivity contribution in [3.05, 3.63) is 0 Å². The first-order valence-electron chi connectivity index (χ1n) is 7.44. The highest BCUT2D eigenvalue weighted by Gasteiger charge is 2.12. The zero-order valence-electron chi connectivity index (χ0n) is 13.0. The number of esters is 2. The van der Waals surface area contributed by atoms with Crippen molar-refractivity contribution < 1.29 is 23.8 Å². The number of carbonyl (C=O) groups is 2. The number of hydrogen-bond acceptors (Lipinski definition) is 5. The summed E-state index contributed by atoms with van der Waals surface area (Å²) in [6, 6.07) is 0. The molecule has 0 N–H and O–H groups in total. The van der Waals surface area contributed by atoms with E-state index in [-0.39, 0.29) is 25.4 Å². The fourth-order valence-electron chi connectivity index (χ4n) is 1.70. The summed E-state index contributed by atoms with van der Waals surface area (Å²) in [6.07, 6.45) is 4.54. The molecule has 0 aliphatic carbocycles. The van der Waals surface area contributed by atoms with Crippen LogP contribution in [-0.4, -0.2) is 38.9 Å². The third-order valence-corrected chi connectivity index (χ3v) is 3.11. The number of hydrogen-bond donors (Lipinski definition) is 0. The van der Waals surface area contributed by atoms with Crippen LogP contribution in [0.4, 0.5) is 0 Å². The molecule has 5 heteroatoms. The number of rotatable bonds is 12. The van der Waals surface area contributed by atoms with Crippen molar-refractivity contribution in [2.45, 2.75) is 52.4 Å². The first kappa shape index (κ1) is 18.9. The van der Waals surface area contributed by atoms with Gasteiger partial charge in [-0.25, -0.2) is 0 Å². The van der Waals surface area contributed by atoms with Crippen LogP contribution in [0.25, 0.3) is 0 Å².